The Bertz CT molecular complexity index is 2790. The Balaban J connectivity index is 0.000000582. The molecule has 0 heterocycles. The second kappa shape index (κ2) is 36.0. The fraction of sp³-hybridized carbons (Fsp3) is 0.370. The number of amidine groups is 2. The zero-order valence-electron chi connectivity index (χ0n) is 45.7. The van der Waals surface area contributed by atoms with Crippen molar-refractivity contribution in [1.29, 1.82) is 10.8 Å². The van der Waals surface area contributed by atoms with Crippen molar-refractivity contribution in [2.24, 2.45) is 11.5 Å². The first-order valence-corrected chi connectivity index (χ1v) is 30.6. The monoisotopic (exact) mass is 1190 g/mol. The number of rotatable bonds is 22. The van der Waals surface area contributed by atoms with Crippen LogP contribution in [0.1, 0.15) is 85.8 Å². The van der Waals surface area contributed by atoms with Gasteiger partial charge in [0.05, 0.1) is 44.5 Å². The molecule has 0 aliphatic carbocycles. The number of nitrogens with two attached hydrogens (primary N) is 2. The molecule has 5 rings (SSSR count). The highest BCUT2D eigenvalue weighted by molar-refractivity contribution is 7.86. The van der Waals surface area contributed by atoms with E-state index in [0.29, 0.717) is 50.4 Å². The van der Waals surface area contributed by atoms with E-state index in [1.165, 1.54) is 48.5 Å². The van der Waals surface area contributed by atoms with Crippen molar-refractivity contribution < 1.29 is 70.9 Å². The van der Waals surface area contributed by atoms with Crippen LogP contribution in [-0.2, 0) is 72.4 Å². The van der Waals surface area contributed by atoms with E-state index in [-0.39, 0.29) is 44.7 Å². The third kappa shape index (κ3) is 33.2. The number of hydrogen-bond donors (Lipinski definition) is 10. The Labute approximate surface area is 471 Å². The first-order valence-electron chi connectivity index (χ1n) is 24.9. The molecule has 2 unspecified atom stereocenters. The number of carbonyl (C=O) groups excluding carboxylic acids is 2. The van der Waals surface area contributed by atoms with Gasteiger partial charge < -0.3 is 31.6 Å². The maximum absolute atomic E-state index is 12.0. The van der Waals surface area contributed by atoms with Crippen LogP contribution < -0.4 is 22.1 Å². The Morgan fingerprint density at radius 2 is 0.662 bits per heavy atom. The third-order valence-electron chi connectivity index (χ3n) is 10.8. The van der Waals surface area contributed by atoms with Crippen LogP contribution in [0.3, 0.4) is 0 Å². The molecule has 0 aromatic heterocycles. The zero-order valence-corrected chi connectivity index (χ0v) is 48.9. The summed E-state index contributed by atoms with van der Waals surface area (Å²) in [4.78, 5) is 23.8. The maximum Gasteiger partial charge on any atom is 0.322 e. The summed E-state index contributed by atoms with van der Waals surface area (Å²) in [6.45, 7) is 12.7. The molecule has 0 radical (unpaired) electrons. The summed E-state index contributed by atoms with van der Waals surface area (Å²) in [6, 6.07) is 30.6. The lowest BCUT2D eigenvalue weighted by Crippen LogP contribution is -2.33. The second-order valence-corrected chi connectivity index (χ2v) is 23.8. The van der Waals surface area contributed by atoms with Crippen LogP contribution in [0.4, 0.5) is 0 Å². The molecule has 0 saturated heterocycles. The molecular weight excluding hydrogens is 1120 g/mol. The number of carbonyl (C=O) groups is 2. The SMILES string of the molecule is CC(=N)NCCCCC(N)C(=O)OCCc1ccc(CCOC(=O)C(N)CCCCNC(C)=N)cc1.Cc1ccc(S(=O)(=O)O)cc1.Cc1ccc(S(=O)(=O)O)cc1.Cc1ccc(S(=O)(=O)O)cc1.Cc1ccc(S(=O)(=O)O)cc1. The average Bonchev–Trinajstić information content (AvgIpc) is 3.36. The van der Waals surface area contributed by atoms with E-state index in [1.807, 2.05) is 52.0 Å². The summed E-state index contributed by atoms with van der Waals surface area (Å²) in [7, 11) is -16.1. The summed E-state index contributed by atoms with van der Waals surface area (Å²) < 4.78 is 129. The van der Waals surface area contributed by atoms with Gasteiger partial charge in [0.1, 0.15) is 12.1 Å². The Morgan fingerprint density at radius 3 is 0.863 bits per heavy atom. The molecule has 12 N–H and O–H groups in total. The highest BCUT2D eigenvalue weighted by atomic mass is 32.2. The molecule has 0 aliphatic rings. The summed E-state index contributed by atoms with van der Waals surface area (Å²) in [6.07, 6.45) is 5.60. The minimum Gasteiger partial charge on any atom is -0.464 e. The summed E-state index contributed by atoms with van der Waals surface area (Å²) >= 11 is 0. The van der Waals surface area contributed by atoms with Crippen LogP contribution >= 0.6 is 0 Å². The van der Waals surface area contributed by atoms with Crippen LogP contribution in [0.2, 0.25) is 0 Å². The van der Waals surface area contributed by atoms with Gasteiger partial charge in [-0.25, -0.2) is 0 Å². The standard InChI is InChI=1S/C26H44N6O4.4C7H8O3S/c1-19(27)31-15-5-3-7-23(29)25(33)35-17-13-21-9-11-22(12-10-21)14-18-36-26(34)24(30)8-4-6-16-32-20(2)28;4*1-6-2-4-7(5-3-6)11(8,9)10/h9-12,23-24H,3-8,13-18,29-30H2,1-2H3,(H2,27,31)(H2,28,32);4*2-5H,1H3,(H,8,9,10). The van der Waals surface area contributed by atoms with Gasteiger partial charge in [0.15, 0.2) is 0 Å². The highest BCUT2D eigenvalue weighted by Crippen LogP contribution is 2.13. The van der Waals surface area contributed by atoms with Gasteiger partial charge in [-0.15, -0.1) is 0 Å². The van der Waals surface area contributed by atoms with Crippen molar-refractivity contribution >= 4 is 64.1 Å². The van der Waals surface area contributed by atoms with Crippen LogP contribution in [-0.4, -0.2) is 114 Å². The minimum absolute atomic E-state index is 0.0666. The van der Waals surface area contributed by atoms with Gasteiger partial charge in [-0.3, -0.25) is 38.6 Å². The van der Waals surface area contributed by atoms with Crippen molar-refractivity contribution in [3.8, 4) is 0 Å². The molecule has 0 spiro atoms. The summed E-state index contributed by atoms with van der Waals surface area (Å²) in [5, 5.41) is 20.5. The molecule has 0 aliphatic heterocycles. The van der Waals surface area contributed by atoms with Gasteiger partial charge in [0.2, 0.25) is 0 Å². The van der Waals surface area contributed by atoms with Gasteiger partial charge in [-0.05, 0) is 140 Å². The number of esters is 2. The van der Waals surface area contributed by atoms with E-state index >= 15 is 0 Å². The van der Waals surface area contributed by atoms with Gasteiger partial charge in [-0.2, -0.15) is 33.7 Å². The number of unbranched alkanes of at least 4 members (excludes halogenated alkanes) is 2. The fourth-order valence-electron chi connectivity index (χ4n) is 6.23. The Morgan fingerprint density at radius 1 is 0.438 bits per heavy atom. The summed E-state index contributed by atoms with van der Waals surface area (Å²) in [5.41, 5.74) is 17.7. The zero-order chi connectivity index (χ0) is 60.7. The van der Waals surface area contributed by atoms with Gasteiger partial charge >= 0.3 is 11.9 Å². The number of hydrogen-bond acceptors (Lipinski definition) is 16. The molecular formula is C54H76N6O16S4. The molecule has 0 amide bonds. The Kier molecular flexibility index (Phi) is 32.2. The van der Waals surface area contributed by atoms with E-state index in [4.69, 9.17) is 50.0 Å². The van der Waals surface area contributed by atoms with E-state index in [9.17, 15) is 43.3 Å². The van der Waals surface area contributed by atoms with Crippen molar-refractivity contribution in [2.45, 2.75) is 125 Å². The quantitative estimate of drug-likeness (QED) is 0.0110. The van der Waals surface area contributed by atoms with E-state index in [1.54, 1.807) is 62.4 Å². The van der Waals surface area contributed by atoms with Crippen molar-refractivity contribution in [2.75, 3.05) is 26.3 Å². The molecule has 26 heteroatoms. The van der Waals surface area contributed by atoms with Crippen molar-refractivity contribution in [1.82, 2.24) is 10.6 Å². The number of nitrogens with one attached hydrogen (secondary N) is 4. The molecule has 0 fully saturated rings. The molecule has 0 saturated carbocycles. The molecule has 5 aromatic rings. The Hall–Kier alpha value is -6.46. The van der Waals surface area contributed by atoms with E-state index < -0.39 is 52.6 Å². The van der Waals surface area contributed by atoms with E-state index in [0.717, 1.165) is 59.1 Å². The first kappa shape index (κ1) is 71.6. The summed E-state index contributed by atoms with van der Waals surface area (Å²) in [5.74, 6) is 0.0884. The fourth-order valence-corrected chi connectivity index (χ4v) is 8.15. The molecule has 2 atom stereocenters. The van der Waals surface area contributed by atoms with Crippen molar-refractivity contribution in [3.63, 3.8) is 0 Å². The van der Waals surface area contributed by atoms with Gasteiger partial charge in [-0.1, -0.05) is 95.1 Å². The second-order valence-electron chi connectivity index (χ2n) is 18.1. The molecule has 0 bridgehead atoms. The average molecular weight is 1190 g/mol. The number of benzene rings is 5. The van der Waals surface area contributed by atoms with Crippen LogP contribution in [0.15, 0.2) is 141 Å². The normalized spacial score (nSPS) is 11.8. The van der Waals surface area contributed by atoms with Crippen LogP contribution in [0.25, 0.3) is 0 Å². The predicted octanol–water partition coefficient (Wildman–Crippen LogP) is 6.99. The smallest absolute Gasteiger partial charge is 0.322 e. The van der Waals surface area contributed by atoms with Crippen LogP contribution in [0.5, 0.6) is 0 Å². The topological polar surface area (TPSA) is 394 Å². The predicted molar refractivity (Wildman–Crippen MR) is 306 cm³/mol. The van der Waals surface area contributed by atoms with Gasteiger partial charge in [0, 0.05) is 25.9 Å². The van der Waals surface area contributed by atoms with Gasteiger partial charge in [0.25, 0.3) is 40.5 Å². The van der Waals surface area contributed by atoms with Crippen molar-refractivity contribution in [3.05, 3.63) is 155 Å². The number of ether oxygens (including phenoxy) is 2. The lowest BCUT2D eigenvalue weighted by Gasteiger charge is -2.12. The number of aryl methyl sites for hydroxylation is 4. The lowest BCUT2D eigenvalue weighted by molar-refractivity contribution is -0.146. The maximum atomic E-state index is 12.0. The van der Waals surface area contributed by atoms with Crippen LogP contribution in [0, 0.1) is 38.5 Å². The third-order valence-corrected chi connectivity index (χ3v) is 14.3. The first-order chi connectivity index (χ1) is 37.2. The molecule has 80 heavy (non-hydrogen) atoms. The molecule has 442 valence electrons. The molecule has 22 nitrogen and oxygen atoms in total. The lowest BCUT2D eigenvalue weighted by atomic mass is 10.1. The largest absolute Gasteiger partial charge is 0.464 e. The highest BCUT2D eigenvalue weighted by Gasteiger charge is 2.16. The minimum atomic E-state index is -4.02. The molecule has 5 aromatic carbocycles. The van der Waals surface area contributed by atoms with E-state index in [2.05, 4.69) is 10.6 Å².